The zero-order valence-corrected chi connectivity index (χ0v) is 10.0. The minimum absolute atomic E-state index is 0.469. The summed E-state index contributed by atoms with van der Waals surface area (Å²) in [4.78, 5) is 6.86. The molecule has 1 saturated heterocycles. The number of aryl methyl sites for hydroxylation is 1. The summed E-state index contributed by atoms with van der Waals surface area (Å²) >= 11 is 0. The van der Waals surface area contributed by atoms with Crippen LogP contribution in [0.4, 0.5) is 5.82 Å². The van der Waals surface area contributed by atoms with E-state index in [1.165, 1.54) is 31.2 Å². The highest BCUT2D eigenvalue weighted by Gasteiger charge is 2.20. The van der Waals surface area contributed by atoms with E-state index < -0.39 is 0 Å². The molecular weight excluding hydrogens is 198 g/mol. The Morgan fingerprint density at radius 3 is 3.06 bits per heavy atom. The fourth-order valence-electron chi connectivity index (χ4n) is 2.40. The standard InChI is InChI=1S/C13H21N3/c1-11-6-7-15-13(9-11)16-8-4-2-3-5-12(16)10-14/h6-7,9,12H,2-5,8,10,14H2,1H3. The monoisotopic (exact) mass is 219 g/mol. The SMILES string of the molecule is Cc1ccnc(N2CCCCCC2CN)c1. The summed E-state index contributed by atoms with van der Waals surface area (Å²) in [6, 6.07) is 4.67. The maximum absolute atomic E-state index is 5.87. The molecule has 3 heteroatoms. The molecule has 0 spiro atoms. The Morgan fingerprint density at radius 1 is 1.44 bits per heavy atom. The molecule has 1 aromatic heterocycles. The third-order valence-electron chi connectivity index (χ3n) is 3.34. The normalized spacial score (nSPS) is 21.9. The lowest BCUT2D eigenvalue weighted by molar-refractivity contribution is 0.575. The first kappa shape index (κ1) is 11.4. The van der Waals surface area contributed by atoms with Crippen LogP contribution in [0.5, 0.6) is 0 Å². The first-order valence-electron chi connectivity index (χ1n) is 6.20. The largest absolute Gasteiger partial charge is 0.352 e. The van der Waals surface area contributed by atoms with Crippen LogP contribution in [0, 0.1) is 6.92 Å². The molecule has 0 bridgehead atoms. The van der Waals surface area contributed by atoms with Crippen LogP contribution in [0.3, 0.4) is 0 Å². The molecular formula is C13H21N3. The number of rotatable bonds is 2. The topological polar surface area (TPSA) is 42.2 Å². The van der Waals surface area contributed by atoms with E-state index in [4.69, 9.17) is 5.73 Å². The van der Waals surface area contributed by atoms with Crippen molar-refractivity contribution < 1.29 is 0 Å². The van der Waals surface area contributed by atoms with Crippen molar-refractivity contribution in [1.29, 1.82) is 0 Å². The first-order chi connectivity index (χ1) is 7.81. The summed E-state index contributed by atoms with van der Waals surface area (Å²) in [5, 5.41) is 0. The number of anilines is 1. The van der Waals surface area contributed by atoms with Gasteiger partial charge in [-0.2, -0.15) is 0 Å². The van der Waals surface area contributed by atoms with Crippen molar-refractivity contribution in [2.45, 2.75) is 38.6 Å². The highest BCUT2D eigenvalue weighted by molar-refractivity contribution is 5.42. The third kappa shape index (κ3) is 2.53. The van der Waals surface area contributed by atoms with E-state index in [0.717, 1.165) is 18.9 Å². The maximum atomic E-state index is 5.87. The number of hydrogen-bond acceptors (Lipinski definition) is 3. The van der Waals surface area contributed by atoms with Crippen LogP contribution in [0.15, 0.2) is 18.3 Å². The van der Waals surface area contributed by atoms with Crippen LogP contribution in [0.2, 0.25) is 0 Å². The van der Waals surface area contributed by atoms with Gasteiger partial charge in [0.1, 0.15) is 5.82 Å². The van der Waals surface area contributed by atoms with Crippen molar-refractivity contribution in [1.82, 2.24) is 4.98 Å². The predicted molar refractivity (Wildman–Crippen MR) is 67.6 cm³/mol. The summed E-state index contributed by atoms with van der Waals surface area (Å²) in [6.07, 6.45) is 6.96. The molecule has 1 aliphatic heterocycles. The number of pyridine rings is 1. The van der Waals surface area contributed by atoms with E-state index in [9.17, 15) is 0 Å². The lowest BCUT2D eigenvalue weighted by atomic mass is 10.1. The molecule has 1 atom stereocenters. The highest BCUT2D eigenvalue weighted by atomic mass is 15.2. The molecule has 88 valence electrons. The fraction of sp³-hybridized carbons (Fsp3) is 0.615. The van der Waals surface area contributed by atoms with Gasteiger partial charge in [0, 0.05) is 25.3 Å². The van der Waals surface area contributed by atoms with Crippen molar-refractivity contribution in [2.75, 3.05) is 18.0 Å². The molecule has 1 aliphatic rings. The molecule has 1 unspecified atom stereocenters. The van der Waals surface area contributed by atoms with E-state index in [1.54, 1.807) is 0 Å². The second-order valence-corrected chi connectivity index (χ2v) is 4.62. The second-order valence-electron chi connectivity index (χ2n) is 4.62. The Hall–Kier alpha value is -1.09. The zero-order valence-electron chi connectivity index (χ0n) is 10.0. The van der Waals surface area contributed by atoms with E-state index in [2.05, 4.69) is 22.9 Å². The van der Waals surface area contributed by atoms with Crippen LogP contribution in [-0.4, -0.2) is 24.1 Å². The Labute approximate surface area is 97.7 Å². The van der Waals surface area contributed by atoms with Crippen LogP contribution < -0.4 is 10.6 Å². The minimum atomic E-state index is 0.469. The highest BCUT2D eigenvalue weighted by Crippen LogP contribution is 2.22. The zero-order chi connectivity index (χ0) is 11.4. The van der Waals surface area contributed by atoms with Gasteiger partial charge in [-0.05, 0) is 37.5 Å². The summed E-state index contributed by atoms with van der Waals surface area (Å²) < 4.78 is 0. The maximum Gasteiger partial charge on any atom is 0.129 e. The Bertz CT molecular complexity index is 338. The molecule has 1 fully saturated rings. The molecule has 2 heterocycles. The molecule has 0 radical (unpaired) electrons. The van der Waals surface area contributed by atoms with Crippen molar-refractivity contribution in [3.63, 3.8) is 0 Å². The van der Waals surface area contributed by atoms with Crippen molar-refractivity contribution >= 4 is 5.82 Å². The molecule has 0 aromatic carbocycles. The molecule has 0 amide bonds. The average molecular weight is 219 g/mol. The summed E-state index contributed by atoms with van der Waals surface area (Å²) in [5.41, 5.74) is 7.14. The van der Waals surface area contributed by atoms with Crippen LogP contribution >= 0.6 is 0 Å². The number of hydrogen-bond donors (Lipinski definition) is 1. The van der Waals surface area contributed by atoms with Crippen molar-refractivity contribution in [3.8, 4) is 0 Å². The molecule has 16 heavy (non-hydrogen) atoms. The molecule has 3 nitrogen and oxygen atoms in total. The van der Waals surface area contributed by atoms with Gasteiger partial charge in [0.05, 0.1) is 0 Å². The van der Waals surface area contributed by atoms with Gasteiger partial charge >= 0.3 is 0 Å². The van der Waals surface area contributed by atoms with Crippen LogP contribution in [-0.2, 0) is 0 Å². The molecule has 1 aromatic rings. The molecule has 0 saturated carbocycles. The Morgan fingerprint density at radius 2 is 2.31 bits per heavy atom. The average Bonchev–Trinajstić information content (AvgIpc) is 2.53. The van der Waals surface area contributed by atoms with Crippen molar-refractivity contribution in [2.24, 2.45) is 5.73 Å². The summed E-state index contributed by atoms with van der Waals surface area (Å²) in [5.74, 6) is 1.09. The molecule has 0 aliphatic carbocycles. The van der Waals surface area contributed by atoms with Gasteiger partial charge in [-0.1, -0.05) is 12.8 Å². The van der Waals surface area contributed by atoms with Gasteiger partial charge in [0.2, 0.25) is 0 Å². The van der Waals surface area contributed by atoms with E-state index in [0.29, 0.717) is 6.04 Å². The van der Waals surface area contributed by atoms with Gasteiger partial charge in [-0.3, -0.25) is 0 Å². The van der Waals surface area contributed by atoms with Gasteiger partial charge in [0.15, 0.2) is 0 Å². The summed E-state index contributed by atoms with van der Waals surface area (Å²) in [6.45, 7) is 3.94. The number of nitrogens with two attached hydrogens (primary N) is 1. The van der Waals surface area contributed by atoms with Gasteiger partial charge in [-0.25, -0.2) is 4.98 Å². The van der Waals surface area contributed by atoms with Gasteiger partial charge < -0.3 is 10.6 Å². The van der Waals surface area contributed by atoms with Crippen molar-refractivity contribution in [3.05, 3.63) is 23.9 Å². The fourth-order valence-corrected chi connectivity index (χ4v) is 2.40. The van der Waals surface area contributed by atoms with Crippen LogP contribution in [0.25, 0.3) is 0 Å². The lowest BCUT2D eigenvalue weighted by Crippen LogP contribution is -2.40. The van der Waals surface area contributed by atoms with Crippen LogP contribution in [0.1, 0.15) is 31.2 Å². The van der Waals surface area contributed by atoms with E-state index in [1.807, 2.05) is 12.3 Å². The lowest BCUT2D eigenvalue weighted by Gasteiger charge is -2.30. The third-order valence-corrected chi connectivity index (χ3v) is 3.34. The molecule has 2 N–H and O–H groups in total. The summed E-state index contributed by atoms with van der Waals surface area (Å²) in [7, 11) is 0. The predicted octanol–water partition coefficient (Wildman–Crippen LogP) is 2.10. The minimum Gasteiger partial charge on any atom is -0.352 e. The number of nitrogens with zero attached hydrogens (tertiary/aromatic N) is 2. The first-order valence-corrected chi connectivity index (χ1v) is 6.20. The van der Waals surface area contributed by atoms with Gasteiger partial charge in [0.25, 0.3) is 0 Å². The molecule has 2 rings (SSSR count). The smallest absolute Gasteiger partial charge is 0.129 e. The second kappa shape index (κ2) is 5.30. The van der Waals surface area contributed by atoms with Gasteiger partial charge in [-0.15, -0.1) is 0 Å². The Kier molecular flexibility index (Phi) is 3.78. The number of aromatic nitrogens is 1. The quantitative estimate of drug-likeness (QED) is 0.828. The van der Waals surface area contributed by atoms with E-state index >= 15 is 0 Å². The Balaban J connectivity index is 2.21. The van der Waals surface area contributed by atoms with E-state index in [-0.39, 0.29) is 0 Å².